The van der Waals surface area contributed by atoms with Crippen molar-refractivity contribution in [3.63, 3.8) is 0 Å². The highest BCUT2D eigenvalue weighted by Gasteiger charge is 2.22. The summed E-state index contributed by atoms with van der Waals surface area (Å²) in [5.74, 6) is 0.193. The van der Waals surface area contributed by atoms with E-state index in [4.69, 9.17) is 5.73 Å². The highest BCUT2D eigenvalue weighted by atomic mass is 16.1. The number of hydrogen-bond acceptors (Lipinski definition) is 3. The van der Waals surface area contributed by atoms with Crippen molar-refractivity contribution in [2.45, 2.75) is 39.2 Å². The third-order valence-electron chi connectivity index (χ3n) is 4.28. The number of aromatic nitrogens is 1. The molecule has 4 nitrogen and oxygen atoms in total. The van der Waals surface area contributed by atoms with Crippen LogP contribution in [0.15, 0.2) is 30.3 Å². The molecular weight excluding hydrogens is 274 g/mol. The Kier molecular flexibility index (Phi) is 3.84. The summed E-state index contributed by atoms with van der Waals surface area (Å²) >= 11 is 0. The Bertz CT molecular complexity index is 701. The van der Waals surface area contributed by atoms with E-state index in [1.807, 2.05) is 19.9 Å². The molecule has 0 fully saturated rings. The number of nitrogens with zero attached hydrogens (tertiary/aromatic N) is 1. The van der Waals surface area contributed by atoms with Gasteiger partial charge < -0.3 is 11.1 Å². The van der Waals surface area contributed by atoms with Crippen LogP contribution in [0.1, 0.15) is 39.2 Å². The van der Waals surface area contributed by atoms with Crippen molar-refractivity contribution in [2.24, 2.45) is 0 Å². The first-order valence-corrected chi connectivity index (χ1v) is 7.66. The maximum atomic E-state index is 12.5. The molecule has 1 aliphatic rings. The Balaban J connectivity index is 1.76. The smallest absolute Gasteiger partial charge is 0.255 e. The molecule has 0 unspecified atom stereocenters. The van der Waals surface area contributed by atoms with Gasteiger partial charge in [0.05, 0.1) is 5.56 Å². The number of fused-ring (bicyclic) bond motifs is 1. The van der Waals surface area contributed by atoms with Gasteiger partial charge in [-0.2, -0.15) is 0 Å². The lowest BCUT2D eigenvalue weighted by atomic mass is 9.88. The number of nitrogen functional groups attached to an aromatic ring is 1. The Hall–Kier alpha value is -2.36. The van der Waals surface area contributed by atoms with Gasteiger partial charge in [0.15, 0.2) is 0 Å². The van der Waals surface area contributed by atoms with Gasteiger partial charge in [0.1, 0.15) is 5.82 Å². The van der Waals surface area contributed by atoms with Crippen LogP contribution in [0.4, 0.5) is 5.82 Å². The summed E-state index contributed by atoms with van der Waals surface area (Å²) in [7, 11) is 0. The van der Waals surface area contributed by atoms with Gasteiger partial charge in [-0.15, -0.1) is 0 Å². The molecule has 0 radical (unpaired) electrons. The first-order valence-electron chi connectivity index (χ1n) is 7.66. The van der Waals surface area contributed by atoms with Crippen molar-refractivity contribution < 1.29 is 4.79 Å². The van der Waals surface area contributed by atoms with E-state index in [1.165, 1.54) is 11.1 Å². The Labute approximate surface area is 130 Å². The Morgan fingerprint density at radius 2 is 2.00 bits per heavy atom. The lowest BCUT2D eigenvalue weighted by molar-refractivity contribution is 0.0933. The molecule has 0 spiro atoms. The van der Waals surface area contributed by atoms with Gasteiger partial charge in [-0.1, -0.05) is 24.3 Å². The van der Waals surface area contributed by atoms with E-state index in [0.717, 1.165) is 30.5 Å². The second kappa shape index (κ2) is 5.79. The maximum Gasteiger partial charge on any atom is 0.255 e. The van der Waals surface area contributed by atoms with E-state index in [2.05, 4.69) is 34.6 Å². The van der Waals surface area contributed by atoms with Crippen LogP contribution >= 0.6 is 0 Å². The molecule has 22 heavy (non-hydrogen) atoms. The van der Waals surface area contributed by atoms with Crippen LogP contribution in [0, 0.1) is 13.8 Å². The number of carbonyl (C=O) groups excluding carboxylic acids is 1. The fourth-order valence-corrected chi connectivity index (χ4v) is 3.24. The van der Waals surface area contributed by atoms with E-state index in [1.54, 1.807) is 0 Å². The van der Waals surface area contributed by atoms with Crippen LogP contribution in [-0.4, -0.2) is 16.9 Å². The number of rotatable bonds is 2. The zero-order valence-corrected chi connectivity index (χ0v) is 13.0. The summed E-state index contributed by atoms with van der Waals surface area (Å²) in [6, 6.07) is 10.5. The summed E-state index contributed by atoms with van der Waals surface area (Å²) in [4.78, 5) is 16.7. The van der Waals surface area contributed by atoms with E-state index >= 15 is 0 Å². The predicted molar refractivity (Wildman–Crippen MR) is 87.8 cm³/mol. The molecule has 3 N–H and O–H groups in total. The molecule has 1 amide bonds. The fraction of sp³-hybridized carbons (Fsp3) is 0.333. The lowest BCUT2D eigenvalue weighted by Gasteiger charge is -2.26. The Morgan fingerprint density at radius 3 is 2.73 bits per heavy atom. The minimum absolute atomic E-state index is 0.119. The molecule has 1 aromatic carbocycles. The quantitative estimate of drug-likeness (QED) is 0.894. The molecule has 4 heteroatoms. The fourth-order valence-electron chi connectivity index (χ4n) is 3.24. The molecule has 1 aromatic heterocycles. The van der Waals surface area contributed by atoms with Gasteiger partial charge in [0, 0.05) is 11.7 Å². The Morgan fingerprint density at radius 1 is 1.27 bits per heavy atom. The molecule has 0 saturated heterocycles. The van der Waals surface area contributed by atoms with E-state index in [9.17, 15) is 4.79 Å². The largest absolute Gasteiger partial charge is 0.383 e. The van der Waals surface area contributed by atoms with Gasteiger partial charge in [0.25, 0.3) is 5.91 Å². The summed E-state index contributed by atoms with van der Waals surface area (Å²) in [5.41, 5.74) is 10.9. The summed E-state index contributed by atoms with van der Waals surface area (Å²) < 4.78 is 0. The van der Waals surface area contributed by atoms with Crippen molar-refractivity contribution in [1.82, 2.24) is 10.3 Å². The monoisotopic (exact) mass is 295 g/mol. The zero-order chi connectivity index (χ0) is 15.7. The molecule has 0 aliphatic heterocycles. The molecule has 1 heterocycles. The normalized spacial score (nSPS) is 16.9. The van der Waals surface area contributed by atoms with Crippen LogP contribution in [-0.2, 0) is 12.8 Å². The van der Waals surface area contributed by atoms with Gasteiger partial charge in [-0.05, 0) is 55.9 Å². The minimum atomic E-state index is -0.119. The zero-order valence-electron chi connectivity index (χ0n) is 13.0. The molecule has 114 valence electrons. The van der Waals surface area contributed by atoms with Crippen molar-refractivity contribution in [3.05, 3.63) is 58.3 Å². The van der Waals surface area contributed by atoms with Gasteiger partial charge >= 0.3 is 0 Å². The second-order valence-electron chi connectivity index (χ2n) is 6.02. The van der Waals surface area contributed by atoms with Crippen LogP contribution in [0.2, 0.25) is 0 Å². The first-order chi connectivity index (χ1) is 10.5. The van der Waals surface area contributed by atoms with Crippen molar-refractivity contribution in [2.75, 3.05) is 5.73 Å². The standard InChI is InChI=1S/C18H21N3O/c1-11-9-12(2)20-17(19)16(11)18(22)21-15-8-7-13-5-3-4-6-14(13)10-15/h3-6,9,15H,7-8,10H2,1-2H3,(H2,19,20)(H,21,22)/t15-/m1/s1. The maximum absolute atomic E-state index is 12.5. The van der Waals surface area contributed by atoms with Crippen molar-refractivity contribution >= 4 is 11.7 Å². The van der Waals surface area contributed by atoms with E-state index < -0.39 is 0 Å². The summed E-state index contributed by atoms with van der Waals surface area (Å²) in [5, 5.41) is 3.12. The van der Waals surface area contributed by atoms with E-state index in [-0.39, 0.29) is 11.9 Å². The minimum Gasteiger partial charge on any atom is -0.383 e. The highest BCUT2D eigenvalue weighted by Crippen LogP contribution is 2.22. The number of aryl methyl sites for hydroxylation is 3. The van der Waals surface area contributed by atoms with Crippen LogP contribution in [0.5, 0.6) is 0 Å². The third-order valence-corrected chi connectivity index (χ3v) is 4.28. The van der Waals surface area contributed by atoms with Gasteiger partial charge in [-0.3, -0.25) is 4.79 Å². The van der Waals surface area contributed by atoms with Crippen LogP contribution in [0.25, 0.3) is 0 Å². The SMILES string of the molecule is Cc1cc(C)c(C(=O)N[C@@H]2CCc3ccccc3C2)c(N)n1. The number of nitrogens with two attached hydrogens (primary N) is 1. The molecule has 0 bridgehead atoms. The molecule has 2 aromatic rings. The average molecular weight is 295 g/mol. The van der Waals surface area contributed by atoms with Crippen molar-refractivity contribution in [1.29, 1.82) is 0 Å². The predicted octanol–water partition coefficient (Wildman–Crippen LogP) is 2.57. The number of carbonyl (C=O) groups is 1. The summed E-state index contributed by atoms with van der Waals surface area (Å²) in [6.45, 7) is 3.78. The second-order valence-corrected chi connectivity index (χ2v) is 6.02. The van der Waals surface area contributed by atoms with Gasteiger partial charge in [0.2, 0.25) is 0 Å². The van der Waals surface area contributed by atoms with E-state index in [0.29, 0.717) is 11.4 Å². The summed E-state index contributed by atoms with van der Waals surface area (Å²) in [6.07, 6.45) is 2.84. The topological polar surface area (TPSA) is 68.0 Å². The number of amides is 1. The number of benzene rings is 1. The third kappa shape index (κ3) is 2.82. The number of hydrogen-bond donors (Lipinski definition) is 2. The number of pyridine rings is 1. The highest BCUT2D eigenvalue weighted by molar-refractivity contribution is 6.00. The lowest BCUT2D eigenvalue weighted by Crippen LogP contribution is -2.39. The number of nitrogens with one attached hydrogen (secondary N) is 1. The average Bonchev–Trinajstić information content (AvgIpc) is 2.46. The molecule has 1 atom stereocenters. The molecular formula is C18H21N3O. The first kappa shape index (κ1) is 14.6. The van der Waals surface area contributed by atoms with Crippen LogP contribution in [0.3, 0.4) is 0 Å². The van der Waals surface area contributed by atoms with Gasteiger partial charge in [-0.25, -0.2) is 4.98 Å². The van der Waals surface area contributed by atoms with Crippen molar-refractivity contribution in [3.8, 4) is 0 Å². The molecule has 3 rings (SSSR count). The number of anilines is 1. The van der Waals surface area contributed by atoms with Crippen LogP contribution < -0.4 is 11.1 Å². The molecule has 1 aliphatic carbocycles. The molecule has 0 saturated carbocycles.